The molecule has 0 spiro atoms. The molecule has 3 N–H and O–H groups in total. The average molecular weight is 496 g/mol. The topological polar surface area (TPSA) is 126 Å². The molecule has 3 unspecified atom stereocenters. The van der Waals surface area contributed by atoms with Crippen LogP contribution in [0, 0.1) is 5.92 Å². The highest BCUT2D eigenvalue weighted by molar-refractivity contribution is 6.24. The van der Waals surface area contributed by atoms with Crippen molar-refractivity contribution in [1.82, 2.24) is 4.57 Å². The summed E-state index contributed by atoms with van der Waals surface area (Å²) in [5.74, 6) is -3.23. The number of carbonyl (C=O) groups is 2. The van der Waals surface area contributed by atoms with Gasteiger partial charge in [-0.05, 0) is 50.6 Å². The number of aliphatic hydroxyl groups is 3. The van der Waals surface area contributed by atoms with Crippen molar-refractivity contribution >= 4 is 22.5 Å². The number of benzene rings is 1. The summed E-state index contributed by atoms with van der Waals surface area (Å²) in [5, 5.41) is 34.4. The van der Waals surface area contributed by atoms with Crippen LogP contribution >= 0.6 is 0 Å². The van der Waals surface area contributed by atoms with Gasteiger partial charge in [0.2, 0.25) is 5.78 Å². The SMILES string of the molecule is CC(=O)C1=C(O)C(C(CC(C)C)c2cc3ccccc3n(C)c2=O)=C2OC(C(C)(C)O)CC2(O)C1=O. The highest BCUT2D eigenvalue weighted by atomic mass is 16.5. The number of ketones is 2. The van der Waals surface area contributed by atoms with Gasteiger partial charge in [0.15, 0.2) is 11.4 Å². The number of pyridine rings is 1. The predicted molar refractivity (Wildman–Crippen MR) is 134 cm³/mol. The van der Waals surface area contributed by atoms with E-state index in [-0.39, 0.29) is 29.2 Å². The Bertz CT molecular complexity index is 1390. The number of fused-ring (bicyclic) bond motifs is 2. The highest BCUT2D eigenvalue weighted by Gasteiger charge is 2.59. The lowest BCUT2D eigenvalue weighted by Crippen LogP contribution is -2.46. The zero-order chi connectivity index (χ0) is 26.7. The Balaban J connectivity index is 2.07. The van der Waals surface area contributed by atoms with Crippen LogP contribution in [0.1, 0.15) is 58.9 Å². The molecule has 8 nitrogen and oxygen atoms in total. The Hall–Kier alpha value is -3.23. The molecule has 0 bridgehead atoms. The van der Waals surface area contributed by atoms with Crippen molar-refractivity contribution in [3.63, 3.8) is 0 Å². The molecule has 0 saturated carbocycles. The molecule has 8 heteroatoms. The molecule has 192 valence electrons. The highest BCUT2D eigenvalue weighted by Crippen LogP contribution is 2.50. The van der Waals surface area contributed by atoms with Crippen LogP contribution in [-0.4, -0.2) is 48.8 Å². The molecule has 1 fully saturated rings. The number of aryl methyl sites for hydroxylation is 1. The van der Waals surface area contributed by atoms with E-state index < -0.39 is 46.1 Å². The third-order valence-corrected chi connectivity index (χ3v) is 7.19. The van der Waals surface area contributed by atoms with Crippen LogP contribution in [0.25, 0.3) is 10.9 Å². The normalized spacial score (nSPS) is 23.4. The fourth-order valence-corrected chi connectivity index (χ4v) is 5.29. The number of Topliss-reactive ketones (excluding diaryl/α,β-unsaturated/α-hetero) is 2. The zero-order valence-electron chi connectivity index (χ0n) is 21.5. The average Bonchev–Trinajstić information content (AvgIpc) is 3.14. The number of aliphatic hydroxyl groups excluding tert-OH is 1. The van der Waals surface area contributed by atoms with Crippen molar-refractivity contribution in [1.29, 1.82) is 0 Å². The standard InChI is InChI=1S/C28H33NO7/c1-14(2)11-17(18-12-16-9-7-8-10-19(16)29(6)26(18)33)22-23(31)21(15(3)30)24(32)28(35)13-20(27(4,5)34)36-25(22)28/h7-10,12,14,17,20,31,34-35H,11,13H2,1-6H3. The number of ether oxygens (including phenoxy) is 1. The molecule has 1 aliphatic carbocycles. The predicted octanol–water partition coefficient (Wildman–Crippen LogP) is 3.20. The molecule has 36 heavy (non-hydrogen) atoms. The number of para-hydroxylation sites is 1. The van der Waals surface area contributed by atoms with Crippen LogP contribution in [0.2, 0.25) is 0 Å². The molecule has 1 aliphatic heterocycles. The third-order valence-electron chi connectivity index (χ3n) is 7.19. The van der Waals surface area contributed by atoms with Crippen molar-refractivity contribution in [2.75, 3.05) is 0 Å². The molecule has 0 radical (unpaired) electrons. The maximum Gasteiger partial charge on any atom is 0.254 e. The van der Waals surface area contributed by atoms with Gasteiger partial charge in [-0.3, -0.25) is 14.4 Å². The molecule has 1 aromatic heterocycles. The van der Waals surface area contributed by atoms with E-state index in [0.29, 0.717) is 12.0 Å². The molecule has 2 heterocycles. The van der Waals surface area contributed by atoms with E-state index in [4.69, 9.17) is 4.74 Å². The van der Waals surface area contributed by atoms with E-state index in [1.165, 1.54) is 18.4 Å². The Morgan fingerprint density at radius 3 is 2.47 bits per heavy atom. The van der Waals surface area contributed by atoms with Crippen LogP contribution < -0.4 is 5.56 Å². The molecule has 2 aromatic rings. The lowest BCUT2D eigenvalue weighted by Gasteiger charge is -2.33. The van der Waals surface area contributed by atoms with Gasteiger partial charge < -0.3 is 24.6 Å². The smallest absolute Gasteiger partial charge is 0.254 e. The summed E-state index contributed by atoms with van der Waals surface area (Å²) < 4.78 is 7.52. The van der Waals surface area contributed by atoms with Gasteiger partial charge >= 0.3 is 0 Å². The maximum absolute atomic E-state index is 13.6. The maximum atomic E-state index is 13.6. The molecule has 1 aromatic carbocycles. The van der Waals surface area contributed by atoms with Crippen LogP contribution in [0.3, 0.4) is 0 Å². The molecule has 3 atom stereocenters. The minimum atomic E-state index is -2.25. The molecule has 0 amide bonds. The third kappa shape index (κ3) is 3.98. The van der Waals surface area contributed by atoms with Crippen LogP contribution in [-0.2, 0) is 21.4 Å². The minimum absolute atomic E-state index is 0.0325. The minimum Gasteiger partial charge on any atom is -0.507 e. The number of carbonyl (C=O) groups excluding carboxylic acids is 2. The fourth-order valence-electron chi connectivity index (χ4n) is 5.29. The van der Waals surface area contributed by atoms with E-state index in [0.717, 1.165) is 17.8 Å². The van der Waals surface area contributed by atoms with Crippen molar-refractivity contribution in [3.8, 4) is 0 Å². The van der Waals surface area contributed by atoms with Gasteiger partial charge in [-0.2, -0.15) is 0 Å². The summed E-state index contributed by atoms with van der Waals surface area (Å²) in [6.45, 7) is 8.03. The number of hydrogen-bond donors (Lipinski definition) is 3. The van der Waals surface area contributed by atoms with Crippen LogP contribution in [0.4, 0.5) is 0 Å². The molecule has 4 rings (SSSR count). The Kier molecular flexibility index (Phi) is 6.25. The molecule has 1 saturated heterocycles. The summed E-state index contributed by atoms with van der Waals surface area (Å²) in [7, 11) is 1.66. The van der Waals surface area contributed by atoms with Crippen molar-refractivity contribution in [2.24, 2.45) is 13.0 Å². The summed E-state index contributed by atoms with van der Waals surface area (Å²) >= 11 is 0. The van der Waals surface area contributed by atoms with E-state index in [9.17, 15) is 29.7 Å². The van der Waals surface area contributed by atoms with Crippen molar-refractivity contribution < 1.29 is 29.6 Å². The second kappa shape index (κ2) is 8.71. The fraction of sp³-hybridized carbons (Fsp3) is 0.464. The van der Waals surface area contributed by atoms with Gasteiger partial charge in [-0.25, -0.2) is 0 Å². The van der Waals surface area contributed by atoms with Crippen molar-refractivity contribution in [3.05, 3.63) is 68.9 Å². The summed E-state index contributed by atoms with van der Waals surface area (Å²) in [5.41, 5.74) is -3.39. The molecular formula is C28H33NO7. The van der Waals surface area contributed by atoms with E-state index in [1.807, 2.05) is 38.1 Å². The number of aromatic nitrogens is 1. The van der Waals surface area contributed by atoms with E-state index in [1.54, 1.807) is 13.1 Å². The van der Waals surface area contributed by atoms with E-state index in [2.05, 4.69) is 0 Å². The lowest BCUT2D eigenvalue weighted by molar-refractivity contribution is -0.132. The Labute approximate surface area is 209 Å². The van der Waals surface area contributed by atoms with Gasteiger partial charge in [0.1, 0.15) is 23.2 Å². The molecular weight excluding hydrogens is 462 g/mol. The first kappa shape index (κ1) is 25.9. The first-order chi connectivity index (χ1) is 16.7. The number of allylic oxidation sites excluding steroid dienone is 1. The summed E-state index contributed by atoms with van der Waals surface area (Å²) in [6, 6.07) is 9.14. The largest absolute Gasteiger partial charge is 0.507 e. The number of nitrogens with zero attached hydrogens (tertiary/aromatic N) is 1. The number of rotatable bonds is 6. The van der Waals surface area contributed by atoms with Gasteiger partial charge in [0.25, 0.3) is 5.56 Å². The second-order valence-electron chi connectivity index (χ2n) is 10.9. The van der Waals surface area contributed by atoms with Crippen molar-refractivity contribution in [2.45, 2.75) is 70.7 Å². The Morgan fingerprint density at radius 1 is 1.25 bits per heavy atom. The Morgan fingerprint density at radius 2 is 1.89 bits per heavy atom. The molecule has 2 aliphatic rings. The van der Waals surface area contributed by atoms with E-state index >= 15 is 0 Å². The number of hydrogen-bond acceptors (Lipinski definition) is 7. The van der Waals surface area contributed by atoms with Crippen LogP contribution in [0.5, 0.6) is 0 Å². The summed E-state index contributed by atoms with van der Waals surface area (Å²) in [4.78, 5) is 39.4. The second-order valence-corrected chi connectivity index (χ2v) is 10.9. The first-order valence-electron chi connectivity index (χ1n) is 12.1. The van der Waals surface area contributed by atoms with Gasteiger partial charge in [-0.15, -0.1) is 0 Å². The zero-order valence-corrected chi connectivity index (χ0v) is 21.5. The van der Waals surface area contributed by atoms with Crippen LogP contribution in [0.15, 0.2) is 57.8 Å². The summed E-state index contributed by atoms with van der Waals surface area (Å²) in [6.07, 6.45) is -0.903. The monoisotopic (exact) mass is 495 g/mol. The van der Waals surface area contributed by atoms with Gasteiger partial charge in [0.05, 0.1) is 11.1 Å². The first-order valence-corrected chi connectivity index (χ1v) is 12.1. The lowest BCUT2D eigenvalue weighted by atomic mass is 9.73. The van der Waals surface area contributed by atoms with Gasteiger partial charge in [-0.1, -0.05) is 32.0 Å². The quantitative estimate of drug-likeness (QED) is 0.526. The van der Waals surface area contributed by atoms with Gasteiger partial charge in [0, 0.05) is 30.5 Å².